The van der Waals surface area contributed by atoms with Gasteiger partial charge in [0.05, 0.1) is 20.9 Å². The molecule has 2 amide bonds. The van der Waals surface area contributed by atoms with E-state index in [0.29, 0.717) is 16.5 Å². The third kappa shape index (κ3) is 1.89. The van der Waals surface area contributed by atoms with Crippen LogP contribution in [0.5, 0.6) is 0 Å². The van der Waals surface area contributed by atoms with Gasteiger partial charge in [-0.05, 0) is 17.5 Å². The van der Waals surface area contributed by atoms with E-state index in [1.54, 1.807) is 24.3 Å². The largest absolute Gasteiger partial charge is 0.282 e. The molecule has 1 heterocycles. The third-order valence-corrected chi connectivity index (χ3v) is 3.59. The zero-order chi connectivity index (χ0) is 14.5. The molecule has 2 aromatic carbocycles. The predicted octanol–water partition coefficient (Wildman–Crippen LogP) is 2.08. The topological polar surface area (TPSA) is 66.8 Å². The first-order valence-corrected chi connectivity index (χ1v) is 8.29. The van der Waals surface area contributed by atoms with Gasteiger partial charge in [-0.15, -0.1) is 9.48 Å². The monoisotopic (exact) mass is 288 g/mol. The van der Waals surface area contributed by atoms with Crippen LogP contribution in [0.25, 0.3) is 10.8 Å². The first-order valence-electron chi connectivity index (χ1n) is 5.96. The van der Waals surface area contributed by atoms with Crippen LogP contribution in [-0.4, -0.2) is 33.5 Å². The first-order chi connectivity index (χ1) is 9.38. The minimum Gasteiger partial charge on any atom is -0.267 e. The molecule has 20 heavy (non-hydrogen) atoms. The molecule has 0 spiro atoms. The number of hydrogen-bond donors (Lipinski definition) is 0. The number of rotatable bonds is 1. The van der Waals surface area contributed by atoms with Gasteiger partial charge in [-0.25, -0.2) is 4.21 Å². The molecule has 0 bridgehead atoms. The molecule has 0 saturated carbocycles. The van der Waals surface area contributed by atoms with Crippen molar-refractivity contribution in [2.24, 2.45) is 4.47 Å². The second-order valence-corrected chi connectivity index (χ2v) is 7.42. The van der Waals surface area contributed by atoms with Gasteiger partial charge in [0.25, 0.3) is 11.8 Å². The molecule has 0 fully saturated rings. The second-order valence-electron chi connectivity index (χ2n) is 4.89. The van der Waals surface area contributed by atoms with Crippen molar-refractivity contribution in [3.05, 3.63) is 47.5 Å². The summed E-state index contributed by atoms with van der Waals surface area (Å²) < 4.78 is 15.6. The molecule has 2 aromatic rings. The van der Waals surface area contributed by atoms with Crippen molar-refractivity contribution in [2.45, 2.75) is 0 Å². The molecule has 0 atom stereocenters. The lowest BCUT2D eigenvalue weighted by Gasteiger charge is -2.23. The zero-order valence-electron chi connectivity index (χ0n) is 11.0. The molecule has 5 nitrogen and oxygen atoms in total. The third-order valence-electron chi connectivity index (χ3n) is 3.03. The molecule has 3 rings (SSSR count). The van der Waals surface area contributed by atoms with E-state index in [9.17, 15) is 13.8 Å². The van der Waals surface area contributed by atoms with E-state index in [-0.39, 0.29) is 0 Å². The van der Waals surface area contributed by atoms with Crippen molar-refractivity contribution in [1.82, 2.24) is 5.01 Å². The van der Waals surface area contributed by atoms with Gasteiger partial charge < -0.3 is 0 Å². The number of nitrogens with zero attached hydrogens (tertiary/aromatic N) is 2. The summed E-state index contributed by atoms with van der Waals surface area (Å²) in [5, 5.41) is 2.18. The maximum Gasteiger partial charge on any atom is 0.282 e. The number of benzene rings is 2. The number of carbonyl (C=O) groups excluding carboxylic acids is 2. The van der Waals surface area contributed by atoms with Gasteiger partial charge in [-0.2, -0.15) is 0 Å². The van der Waals surface area contributed by atoms with Crippen LogP contribution in [0.3, 0.4) is 0 Å². The summed E-state index contributed by atoms with van der Waals surface area (Å²) in [6.45, 7) is 0. The Kier molecular flexibility index (Phi) is 2.65. The van der Waals surface area contributed by atoms with Crippen molar-refractivity contribution < 1.29 is 13.8 Å². The summed E-state index contributed by atoms with van der Waals surface area (Å²) in [4.78, 5) is 24.8. The Morgan fingerprint density at radius 2 is 1.45 bits per heavy atom. The lowest BCUT2D eigenvalue weighted by atomic mass is 9.95. The molecule has 0 aliphatic carbocycles. The first kappa shape index (κ1) is 12.8. The highest BCUT2D eigenvalue weighted by Gasteiger charge is 2.33. The summed E-state index contributed by atoms with van der Waals surface area (Å²) in [5.74, 6) is -1.06. The van der Waals surface area contributed by atoms with Gasteiger partial charge in [0.1, 0.15) is 0 Å². The van der Waals surface area contributed by atoms with E-state index in [0.717, 1.165) is 10.4 Å². The van der Waals surface area contributed by atoms with Gasteiger partial charge in [0, 0.05) is 17.9 Å². The Morgan fingerprint density at radius 3 is 1.90 bits per heavy atom. The molecule has 1 aliphatic heterocycles. The quantitative estimate of drug-likeness (QED) is 0.754. The molecule has 0 unspecified atom stereocenters. The maximum atomic E-state index is 12.4. The van der Waals surface area contributed by atoms with Crippen LogP contribution in [0, 0.1) is 0 Å². The van der Waals surface area contributed by atoms with E-state index >= 15 is 0 Å². The molecular formula is C14H12N2O3S. The van der Waals surface area contributed by atoms with Crippen molar-refractivity contribution in [3.8, 4) is 0 Å². The Hall–Kier alpha value is -2.21. The lowest BCUT2D eigenvalue weighted by Crippen LogP contribution is -2.37. The fourth-order valence-corrected chi connectivity index (χ4v) is 2.83. The van der Waals surface area contributed by atoms with Gasteiger partial charge in [0.2, 0.25) is 0 Å². The second kappa shape index (κ2) is 4.14. The molecule has 0 saturated heterocycles. The smallest absolute Gasteiger partial charge is 0.267 e. The van der Waals surface area contributed by atoms with Gasteiger partial charge >= 0.3 is 0 Å². The SMILES string of the molecule is CS(C)(=O)=NN1C(=O)c2cccc3cccc(c23)C1=O. The van der Waals surface area contributed by atoms with Crippen molar-refractivity contribution >= 4 is 32.3 Å². The molecular weight excluding hydrogens is 276 g/mol. The van der Waals surface area contributed by atoms with Crippen molar-refractivity contribution in [3.63, 3.8) is 0 Å². The molecule has 6 heteroatoms. The van der Waals surface area contributed by atoms with Gasteiger partial charge in [-0.3, -0.25) is 9.59 Å². The Balaban J connectivity index is 2.35. The average molecular weight is 288 g/mol. The molecule has 102 valence electrons. The van der Waals surface area contributed by atoms with E-state index in [2.05, 4.69) is 4.47 Å². The highest BCUT2D eigenvalue weighted by atomic mass is 32.2. The summed E-state index contributed by atoms with van der Waals surface area (Å²) in [5.41, 5.74) is 0.815. The molecule has 0 radical (unpaired) electrons. The van der Waals surface area contributed by atoms with Crippen LogP contribution in [0.1, 0.15) is 20.7 Å². The van der Waals surface area contributed by atoms with Crippen LogP contribution >= 0.6 is 0 Å². The van der Waals surface area contributed by atoms with E-state index in [1.807, 2.05) is 12.1 Å². The Morgan fingerprint density at radius 1 is 0.950 bits per heavy atom. The fraction of sp³-hybridized carbons (Fsp3) is 0.143. The highest BCUT2D eigenvalue weighted by molar-refractivity contribution is 7.92. The normalized spacial score (nSPS) is 14.8. The van der Waals surface area contributed by atoms with Crippen LogP contribution in [0.2, 0.25) is 0 Å². The maximum absolute atomic E-state index is 12.4. The van der Waals surface area contributed by atoms with Gasteiger partial charge in [-0.1, -0.05) is 24.3 Å². The van der Waals surface area contributed by atoms with Crippen LogP contribution in [0.4, 0.5) is 0 Å². The number of imide groups is 1. The van der Waals surface area contributed by atoms with Crippen molar-refractivity contribution in [2.75, 3.05) is 12.5 Å². The van der Waals surface area contributed by atoms with Gasteiger partial charge in [0.15, 0.2) is 0 Å². The summed E-state index contributed by atoms with van der Waals surface area (Å²) in [6, 6.07) is 10.5. The standard InChI is InChI=1S/C14H12N2O3S/c1-20(2,19)15-16-13(17)10-7-3-5-9-6-4-8-11(12(9)10)14(16)18/h3-8H,1-2H3. The molecule has 0 N–H and O–H groups in total. The number of carbonyl (C=O) groups is 2. The highest BCUT2D eigenvalue weighted by Crippen LogP contribution is 2.30. The number of amides is 2. The molecule has 0 aromatic heterocycles. The summed E-state index contributed by atoms with van der Waals surface area (Å²) in [6.07, 6.45) is 2.77. The predicted molar refractivity (Wildman–Crippen MR) is 76.9 cm³/mol. The average Bonchev–Trinajstić information content (AvgIpc) is 2.39. The van der Waals surface area contributed by atoms with Crippen LogP contribution < -0.4 is 0 Å². The molecule has 1 aliphatic rings. The minimum atomic E-state index is -2.60. The van der Waals surface area contributed by atoms with Crippen LogP contribution in [-0.2, 0) is 9.73 Å². The summed E-state index contributed by atoms with van der Waals surface area (Å²) in [7, 11) is -2.60. The zero-order valence-corrected chi connectivity index (χ0v) is 11.8. The Labute approximate surface area is 116 Å². The minimum absolute atomic E-state index is 0.408. The van der Waals surface area contributed by atoms with E-state index in [4.69, 9.17) is 0 Å². The summed E-state index contributed by atoms with van der Waals surface area (Å²) >= 11 is 0. The number of hydrogen-bond acceptors (Lipinski definition) is 4. The van der Waals surface area contributed by atoms with Crippen LogP contribution in [0.15, 0.2) is 40.9 Å². The fourth-order valence-electron chi connectivity index (χ4n) is 2.29. The lowest BCUT2D eigenvalue weighted by molar-refractivity contribution is 0.0618. The Bertz CT molecular complexity index is 820. The van der Waals surface area contributed by atoms with Crippen molar-refractivity contribution in [1.29, 1.82) is 0 Å². The van der Waals surface area contributed by atoms with E-state index in [1.165, 1.54) is 12.5 Å². The van der Waals surface area contributed by atoms with E-state index < -0.39 is 21.5 Å².